The van der Waals surface area contributed by atoms with Crippen molar-refractivity contribution in [3.63, 3.8) is 0 Å². The Morgan fingerprint density at radius 1 is 0.822 bits per heavy atom. The average Bonchev–Trinajstić information content (AvgIpc) is 3.03. The van der Waals surface area contributed by atoms with Gasteiger partial charge in [0.1, 0.15) is 6.61 Å². The van der Waals surface area contributed by atoms with Crippen LogP contribution in [0.4, 0.5) is 5.69 Å². The van der Waals surface area contributed by atoms with Gasteiger partial charge in [0.25, 0.3) is 11.8 Å². The van der Waals surface area contributed by atoms with E-state index in [1.54, 1.807) is 30.3 Å². The Bertz CT molecular complexity index is 1660. The van der Waals surface area contributed by atoms with Crippen molar-refractivity contribution < 1.29 is 28.5 Å². The minimum atomic E-state index is -0.416. The fraction of sp³-hybridized carbons (Fsp3) is 0.229. The molecular weight excluding hydrogens is 638 g/mol. The van der Waals surface area contributed by atoms with Crippen LogP contribution in [0.1, 0.15) is 46.5 Å². The maximum Gasteiger partial charge on any atom is 0.271 e. The van der Waals surface area contributed by atoms with Gasteiger partial charge in [-0.15, -0.1) is 0 Å². The molecule has 0 unspecified atom stereocenters. The molecule has 0 bridgehead atoms. The van der Waals surface area contributed by atoms with Crippen LogP contribution in [0.5, 0.6) is 23.0 Å². The lowest BCUT2D eigenvalue weighted by atomic mass is 10.1. The molecular formula is C35H36BrN3O6. The van der Waals surface area contributed by atoms with Crippen molar-refractivity contribution in [2.24, 2.45) is 5.10 Å². The van der Waals surface area contributed by atoms with Crippen LogP contribution in [0.3, 0.4) is 0 Å². The summed E-state index contributed by atoms with van der Waals surface area (Å²) >= 11 is 3.51. The van der Waals surface area contributed by atoms with Crippen LogP contribution < -0.4 is 29.7 Å². The SMILES string of the molecule is CCOc1cc(C(=O)N/N=C/c2cc(Br)c(OCC(=O)Nc3cccc(C)c3C)c(OCC)c2)ccc1OCc1ccccc1. The molecule has 4 aromatic carbocycles. The molecule has 0 aliphatic carbocycles. The second kappa shape index (κ2) is 16.3. The average molecular weight is 675 g/mol. The van der Waals surface area contributed by atoms with Crippen LogP contribution in [0, 0.1) is 13.8 Å². The molecule has 2 N–H and O–H groups in total. The number of amides is 2. The maximum absolute atomic E-state index is 12.9. The van der Waals surface area contributed by atoms with Crippen molar-refractivity contribution in [1.29, 1.82) is 0 Å². The largest absolute Gasteiger partial charge is 0.490 e. The number of carbonyl (C=O) groups is 2. The molecule has 0 aliphatic heterocycles. The topological polar surface area (TPSA) is 107 Å². The zero-order valence-corrected chi connectivity index (χ0v) is 27.3. The van der Waals surface area contributed by atoms with Crippen molar-refractivity contribution >= 4 is 39.6 Å². The number of anilines is 1. The molecule has 0 fully saturated rings. The minimum Gasteiger partial charge on any atom is -0.490 e. The Balaban J connectivity index is 1.39. The molecule has 0 spiro atoms. The maximum atomic E-state index is 12.9. The number of benzene rings is 4. The molecule has 2 amide bonds. The molecule has 234 valence electrons. The standard InChI is InChI=1S/C35H36BrN3O6/c1-5-42-31-19-27(15-16-30(31)44-21-25-12-8-7-9-13-25)35(41)39-37-20-26-17-28(36)34(32(18-26)43-6-2)45-22-33(40)38-29-14-10-11-23(3)24(29)4/h7-20H,5-6,21-22H2,1-4H3,(H,38,40)(H,39,41)/b37-20+. The van der Waals surface area contributed by atoms with Crippen LogP contribution in [0.2, 0.25) is 0 Å². The van der Waals surface area contributed by atoms with Gasteiger partial charge in [-0.1, -0.05) is 42.5 Å². The van der Waals surface area contributed by atoms with Crippen molar-refractivity contribution in [1.82, 2.24) is 5.43 Å². The normalized spacial score (nSPS) is 10.8. The van der Waals surface area contributed by atoms with Gasteiger partial charge >= 0.3 is 0 Å². The summed E-state index contributed by atoms with van der Waals surface area (Å²) in [7, 11) is 0. The van der Waals surface area contributed by atoms with Crippen molar-refractivity contribution in [2.75, 3.05) is 25.1 Å². The lowest BCUT2D eigenvalue weighted by Gasteiger charge is -2.15. The van der Waals surface area contributed by atoms with E-state index in [0.717, 1.165) is 22.4 Å². The molecule has 0 atom stereocenters. The predicted molar refractivity (Wildman–Crippen MR) is 179 cm³/mol. The summed E-state index contributed by atoms with van der Waals surface area (Å²) in [6.07, 6.45) is 1.49. The fourth-order valence-electron chi connectivity index (χ4n) is 4.28. The molecule has 9 nitrogen and oxygen atoms in total. The second-order valence-electron chi connectivity index (χ2n) is 9.92. The fourth-order valence-corrected chi connectivity index (χ4v) is 4.85. The lowest BCUT2D eigenvalue weighted by molar-refractivity contribution is -0.118. The Labute approximate surface area is 271 Å². The number of aryl methyl sites for hydroxylation is 1. The molecule has 0 aromatic heterocycles. The predicted octanol–water partition coefficient (Wildman–Crippen LogP) is 7.22. The number of hydrogen-bond donors (Lipinski definition) is 2. The van der Waals surface area contributed by atoms with E-state index in [4.69, 9.17) is 18.9 Å². The number of hydrogen-bond acceptors (Lipinski definition) is 7. The highest BCUT2D eigenvalue weighted by atomic mass is 79.9. The van der Waals surface area contributed by atoms with Gasteiger partial charge in [-0.3, -0.25) is 9.59 Å². The van der Waals surface area contributed by atoms with Gasteiger partial charge in [0.05, 0.1) is 23.9 Å². The van der Waals surface area contributed by atoms with Gasteiger partial charge in [-0.05, 0) is 102 Å². The van der Waals surface area contributed by atoms with E-state index in [0.29, 0.717) is 58.4 Å². The third-order valence-corrected chi connectivity index (χ3v) is 7.27. The molecule has 0 saturated carbocycles. The zero-order valence-electron chi connectivity index (χ0n) is 25.7. The Morgan fingerprint density at radius 3 is 2.33 bits per heavy atom. The highest BCUT2D eigenvalue weighted by Gasteiger charge is 2.15. The summed E-state index contributed by atoms with van der Waals surface area (Å²) < 4.78 is 23.8. The highest BCUT2D eigenvalue weighted by molar-refractivity contribution is 9.10. The van der Waals surface area contributed by atoms with E-state index in [2.05, 4.69) is 31.8 Å². The number of hydrazone groups is 1. The first kappa shape index (κ1) is 33.1. The summed E-state index contributed by atoms with van der Waals surface area (Å²) in [5, 5.41) is 7.01. The summed E-state index contributed by atoms with van der Waals surface area (Å²) in [6.45, 7) is 8.61. The number of rotatable bonds is 14. The first-order chi connectivity index (χ1) is 21.8. The first-order valence-corrected chi connectivity index (χ1v) is 15.3. The van der Waals surface area contributed by atoms with E-state index < -0.39 is 5.91 Å². The molecule has 0 heterocycles. The van der Waals surface area contributed by atoms with Gasteiger partial charge in [0.2, 0.25) is 0 Å². The zero-order chi connectivity index (χ0) is 32.2. The highest BCUT2D eigenvalue weighted by Crippen LogP contribution is 2.37. The second-order valence-corrected chi connectivity index (χ2v) is 10.8. The van der Waals surface area contributed by atoms with E-state index in [1.807, 2.05) is 76.2 Å². The molecule has 0 radical (unpaired) electrons. The van der Waals surface area contributed by atoms with Crippen LogP contribution in [0.15, 0.2) is 88.4 Å². The minimum absolute atomic E-state index is 0.213. The van der Waals surface area contributed by atoms with Gasteiger partial charge in [-0.2, -0.15) is 5.10 Å². The molecule has 4 aromatic rings. The van der Waals surface area contributed by atoms with Crippen LogP contribution in [-0.4, -0.2) is 37.8 Å². The van der Waals surface area contributed by atoms with Gasteiger partial charge in [0.15, 0.2) is 29.6 Å². The molecule has 4 rings (SSSR count). The van der Waals surface area contributed by atoms with E-state index in [1.165, 1.54) is 6.21 Å². The summed E-state index contributed by atoms with van der Waals surface area (Å²) in [5.74, 6) is 1.10. The molecule has 0 aliphatic rings. The number of nitrogens with zero attached hydrogens (tertiary/aromatic N) is 1. The monoisotopic (exact) mass is 673 g/mol. The van der Waals surface area contributed by atoms with Crippen molar-refractivity contribution in [2.45, 2.75) is 34.3 Å². The van der Waals surface area contributed by atoms with E-state index >= 15 is 0 Å². The van der Waals surface area contributed by atoms with Gasteiger partial charge < -0.3 is 24.3 Å². The Hall–Kier alpha value is -4.83. The number of halogens is 1. The van der Waals surface area contributed by atoms with Crippen LogP contribution in [-0.2, 0) is 11.4 Å². The van der Waals surface area contributed by atoms with Crippen molar-refractivity contribution in [3.05, 3.63) is 111 Å². The quantitative estimate of drug-likeness (QED) is 0.108. The van der Waals surface area contributed by atoms with Crippen molar-refractivity contribution in [3.8, 4) is 23.0 Å². The Morgan fingerprint density at radius 2 is 1.58 bits per heavy atom. The summed E-state index contributed by atoms with van der Waals surface area (Å²) in [5.41, 5.74) is 7.39. The molecule has 45 heavy (non-hydrogen) atoms. The Kier molecular flexibility index (Phi) is 12.0. The first-order valence-electron chi connectivity index (χ1n) is 14.5. The number of carbonyl (C=O) groups excluding carboxylic acids is 2. The van der Waals surface area contributed by atoms with Crippen LogP contribution in [0.25, 0.3) is 0 Å². The van der Waals surface area contributed by atoms with E-state index in [9.17, 15) is 9.59 Å². The van der Waals surface area contributed by atoms with Gasteiger partial charge in [-0.25, -0.2) is 5.43 Å². The molecule has 0 saturated heterocycles. The third kappa shape index (κ3) is 9.33. The number of nitrogens with one attached hydrogen (secondary N) is 2. The van der Waals surface area contributed by atoms with Gasteiger partial charge in [0, 0.05) is 11.3 Å². The van der Waals surface area contributed by atoms with E-state index in [-0.39, 0.29) is 12.5 Å². The van der Waals surface area contributed by atoms with Crippen LogP contribution >= 0.6 is 15.9 Å². The number of ether oxygens (including phenoxy) is 4. The lowest BCUT2D eigenvalue weighted by Crippen LogP contribution is -2.21. The summed E-state index contributed by atoms with van der Waals surface area (Å²) in [4.78, 5) is 25.5. The smallest absolute Gasteiger partial charge is 0.271 e. The molecule has 10 heteroatoms. The summed E-state index contributed by atoms with van der Waals surface area (Å²) in [6, 6.07) is 24.0. The third-order valence-electron chi connectivity index (χ3n) is 6.68.